The highest BCUT2D eigenvalue weighted by Crippen LogP contribution is 2.23. The fourth-order valence-corrected chi connectivity index (χ4v) is 2.12. The van der Waals surface area contributed by atoms with Crippen LogP contribution in [0.5, 0.6) is 0 Å². The van der Waals surface area contributed by atoms with Crippen LogP contribution in [-0.4, -0.2) is 11.2 Å². The van der Waals surface area contributed by atoms with Crippen molar-refractivity contribution in [1.29, 1.82) is 5.26 Å². The van der Waals surface area contributed by atoms with Gasteiger partial charge in [0.05, 0.1) is 11.3 Å². The third-order valence-electron chi connectivity index (χ3n) is 2.75. The zero-order valence-corrected chi connectivity index (χ0v) is 11.3. The molecule has 0 bridgehead atoms. The molecule has 0 amide bonds. The summed E-state index contributed by atoms with van der Waals surface area (Å²) >= 11 is 1.67. The molecule has 0 radical (unpaired) electrons. The quantitative estimate of drug-likeness (QED) is 0.685. The van der Waals surface area contributed by atoms with Crippen LogP contribution >= 0.6 is 11.8 Å². The Bertz CT molecular complexity index is 625. The Hall–Kier alpha value is -2.25. The van der Waals surface area contributed by atoms with Gasteiger partial charge in [0.2, 0.25) is 0 Å². The molecule has 0 saturated heterocycles. The summed E-state index contributed by atoms with van der Waals surface area (Å²) in [6, 6.07) is 13.6. The Morgan fingerprint density at radius 1 is 1.11 bits per heavy atom. The minimum atomic E-state index is 0.472. The maximum atomic E-state index is 9.30. The Balaban J connectivity index is 2.46. The van der Waals surface area contributed by atoms with Gasteiger partial charge in [-0.05, 0) is 41.6 Å². The van der Waals surface area contributed by atoms with Crippen molar-refractivity contribution in [2.45, 2.75) is 4.90 Å². The monoisotopic (exact) mass is 267 g/mol. The fraction of sp³-hybridized carbons (Fsp3) is 0.0667. The number of hydrogen-bond acceptors (Lipinski definition) is 4. The van der Waals surface area contributed by atoms with Crippen molar-refractivity contribution in [2.24, 2.45) is 5.73 Å². The fourth-order valence-electron chi connectivity index (χ4n) is 1.71. The first-order valence-corrected chi connectivity index (χ1v) is 6.93. The van der Waals surface area contributed by atoms with Crippen molar-refractivity contribution in [3.63, 3.8) is 0 Å². The summed E-state index contributed by atoms with van der Waals surface area (Å²) in [6.45, 7) is 0. The van der Waals surface area contributed by atoms with E-state index in [0.29, 0.717) is 11.3 Å². The Kier molecular flexibility index (Phi) is 4.22. The molecule has 0 aliphatic rings. The molecule has 4 heteroatoms. The van der Waals surface area contributed by atoms with E-state index in [1.807, 2.05) is 30.5 Å². The predicted octanol–water partition coefficient (Wildman–Crippen LogP) is 3.15. The van der Waals surface area contributed by atoms with Crippen LogP contribution in [0.2, 0.25) is 0 Å². The molecular formula is C15H13N3S. The van der Waals surface area contributed by atoms with Crippen LogP contribution in [-0.2, 0) is 0 Å². The number of nitriles is 1. The summed E-state index contributed by atoms with van der Waals surface area (Å²) < 4.78 is 0. The van der Waals surface area contributed by atoms with E-state index in [4.69, 9.17) is 5.73 Å². The minimum Gasteiger partial charge on any atom is -0.397 e. The van der Waals surface area contributed by atoms with Crippen LogP contribution in [0.15, 0.2) is 53.7 Å². The molecule has 0 unspecified atom stereocenters. The normalized spacial score (nSPS) is 11.6. The van der Waals surface area contributed by atoms with E-state index >= 15 is 0 Å². The number of benzene rings is 1. The molecule has 0 aliphatic heterocycles. The SMILES string of the molecule is CSc1ccc(/C(N)=C(/C#N)c2ccncc2)cc1. The molecule has 0 aliphatic carbocycles. The van der Waals surface area contributed by atoms with Gasteiger partial charge in [-0.1, -0.05) is 12.1 Å². The van der Waals surface area contributed by atoms with Crippen LogP contribution in [0.3, 0.4) is 0 Å². The third kappa shape index (κ3) is 2.95. The van der Waals surface area contributed by atoms with Crippen LogP contribution in [0.4, 0.5) is 0 Å². The lowest BCUT2D eigenvalue weighted by molar-refractivity contribution is 1.31. The second kappa shape index (κ2) is 6.07. The Morgan fingerprint density at radius 2 is 1.74 bits per heavy atom. The summed E-state index contributed by atoms with van der Waals surface area (Å²) in [6.07, 6.45) is 5.32. The van der Waals surface area contributed by atoms with E-state index in [2.05, 4.69) is 11.1 Å². The van der Waals surface area contributed by atoms with Crippen molar-refractivity contribution < 1.29 is 0 Å². The van der Waals surface area contributed by atoms with E-state index in [1.165, 1.54) is 4.90 Å². The molecule has 2 N–H and O–H groups in total. The zero-order valence-electron chi connectivity index (χ0n) is 10.5. The summed E-state index contributed by atoms with van der Waals surface area (Å²) in [7, 11) is 0. The number of rotatable bonds is 3. The van der Waals surface area contributed by atoms with Gasteiger partial charge in [-0.25, -0.2) is 0 Å². The van der Waals surface area contributed by atoms with E-state index in [0.717, 1.165) is 11.1 Å². The van der Waals surface area contributed by atoms with Gasteiger partial charge >= 0.3 is 0 Å². The summed E-state index contributed by atoms with van der Waals surface area (Å²) in [5.74, 6) is 0. The smallest absolute Gasteiger partial charge is 0.102 e. The average Bonchev–Trinajstić information content (AvgIpc) is 2.49. The molecule has 1 aromatic carbocycles. The summed E-state index contributed by atoms with van der Waals surface area (Å²) in [5, 5.41) is 9.30. The van der Waals surface area contributed by atoms with Crippen molar-refractivity contribution in [3.8, 4) is 6.07 Å². The number of thioether (sulfide) groups is 1. The first-order valence-electron chi connectivity index (χ1n) is 5.71. The number of nitrogens with two attached hydrogens (primary N) is 1. The maximum absolute atomic E-state index is 9.30. The van der Waals surface area contributed by atoms with Gasteiger partial charge < -0.3 is 5.73 Å². The topological polar surface area (TPSA) is 62.7 Å². The van der Waals surface area contributed by atoms with E-state index in [1.54, 1.807) is 36.3 Å². The summed E-state index contributed by atoms with van der Waals surface area (Å²) in [4.78, 5) is 5.11. The lowest BCUT2D eigenvalue weighted by Crippen LogP contribution is -2.00. The van der Waals surface area contributed by atoms with Gasteiger partial charge in [0.15, 0.2) is 0 Å². The molecule has 3 nitrogen and oxygen atoms in total. The van der Waals surface area contributed by atoms with Crippen molar-refractivity contribution in [1.82, 2.24) is 4.98 Å². The van der Waals surface area contributed by atoms with Gasteiger partial charge in [0, 0.05) is 17.3 Å². The molecule has 1 aromatic heterocycles. The predicted molar refractivity (Wildman–Crippen MR) is 79.1 cm³/mol. The van der Waals surface area contributed by atoms with Gasteiger partial charge in [-0.15, -0.1) is 11.8 Å². The van der Waals surface area contributed by atoms with Crippen molar-refractivity contribution >= 4 is 23.0 Å². The van der Waals surface area contributed by atoms with Crippen LogP contribution < -0.4 is 5.73 Å². The number of nitrogens with zero attached hydrogens (tertiary/aromatic N) is 2. The first kappa shape index (κ1) is 13.2. The van der Waals surface area contributed by atoms with Crippen LogP contribution in [0.25, 0.3) is 11.3 Å². The molecule has 1 heterocycles. The average molecular weight is 267 g/mol. The Labute approximate surface area is 116 Å². The number of pyridine rings is 1. The molecular weight excluding hydrogens is 254 g/mol. The van der Waals surface area contributed by atoms with E-state index in [-0.39, 0.29) is 0 Å². The number of allylic oxidation sites excluding steroid dienone is 1. The lowest BCUT2D eigenvalue weighted by Gasteiger charge is -2.06. The molecule has 0 spiro atoms. The molecule has 0 fully saturated rings. The third-order valence-corrected chi connectivity index (χ3v) is 3.49. The number of hydrogen-bond donors (Lipinski definition) is 1. The summed E-state index contributed by atoms with van der Waals surface area (Å²) in [5.41, 5.74) is 8.70. The zero-order chi connectivity index (χ0) is 13.7. The van der Waals surface area contributed by atoms with Crippen molar-refractivity contribution in [3.05, 3.63) is 59.9 Å². The Morgan fingerprint density at radius 3 is 2.26 bits per heavy atom. The van der Waals surface area contributed by atoms with Crippen molar-refractivity contribution in [2.75, 3.05) is 6.26 Å². The molecule has 19 heavy (non-hydrogen) atoms. The molecule has 94 valence electrons. The second-order valence-electron chi connectivity index (χ2n) is 3.86. The van der Waals surface area contributed by atoms with E-state index in [9.17, 15) is 5.26 Å². The first-order chi connectivity index (χ1) is 9.26. The van der Waals surface area contributed by atoms with E-state index < -0.39 is 0 Å². The molecule has 2 rings (SSSR count). The minimum absolute atomic E-state index is 0.472. The van der Waals surface area contributed by atoms with Gasteiger partial charge in [-0.3, -0.25) is 4.98 Å². The largest absolute Gasteiger partial charge is 0.397 e. The lowest BCUT2D eigenvalue weighted by atomic mass is 10.0. The highest BCUT2D eigenvalue weighted by Gasteiger charge is 2.08. The highest BCUT2D eigenvalue weighted by atomic mass is 32.2. The highest BCUT2D eigenvalue weighted by molar-refractivity contribution is 7.98. The second-order valence-corrected chi connectivity index (χ2v) is 4.74. The number of aromatic nitrogens is 1. The molecule has 0 atom stereocenters. The van der Waals surface area contributed by atoms with Crippen LogP contribution in [0.1, 0.15) is 11.1 Å². The van der Waals surface area contributed by atoms with Crippen LogP contribution in [0, 0.1) is 11.3 Å². The standard InChI is InChI=1S/C15H13N3S/c1-19-13-4-2-12(3-5-13)15(17)14(10-16)11-6-8-18-9-7-11/h2-9H,17H2,1H3/b15-14+. The van der Waals surface area contributed by atoms with Gasteiger partial charge in [0.1, 0.15) is 6.07 Å². The molecule has 0 saturated carbocycles. The maximum Gasteiger partial charge on any atom is 0.102 e. The van der Waals surface area contributed by atoms with Gasteiger partial charge in [0.25, 0.3) is 0 Å². The van der Waals surface area contributed by atoms with Gasteiger partial charge in [-0.2, -0.15) is 5.26 Å². The molecule has 2 aromatic rings.